The first kappa shape index (κ1) is 24.3. The maximum Gasteiger partial charge on any atom is 0.261 e. The van der Waals surface area contributed by atoms with Gasteiger partial charge in [-0.3, -0.25) is 9.59 Å². The number of nitrogens with one attached hydrogen (secondary N) is 1. The largest absolute Gasteiger partial charge is 0.497 e. The molecule has 0 saturated carbocycles. The summed E-state index contributed by atoms with van der Waals surface area (Å²) in [6, 6.07) is 14.4. The van der Waals surface area contributed by atoms with Gasteiger partial charge in [-0.15, -0.1) is 0 Å². The Morgan fingerprint density at radius 3 is 2.10 bits per heavy atom. The van der Waals surface area contributed by atoms with Gasteiger partial charge >= 0.3 is 0 Å². The first-order valence-electron chi connectivity index (χ1n) is 10.6. The van der Waals surface area contributed by atoms with Gasteiger partial charge in [-0.1, -0.05) is 36.8 Å². The predicted octanol–water partition coefficient (Wildman–Crippen LogP) is 4.10. The lowest BCUT2D eigenvalue weighted by molar-refractivity contribution is -0.143. The number of aryl methyl sites for hydroxylation is 1. The van der Waals surface area contributed by atoms with Gasteiger partial charge in [-0.2, -0.15) is 0 Å². The van der Waals surface area contributed by atoms with E-state index in [1.807, 2.05) is 58.9 Å². The number of hydrogen-bond acceptors (Lipinski definition) is 4. The number of nitrogens with zero attached hydrogens (tertiary/aromatic N) is 1. The summed E-state index contributed by atoms with van der Waals surface area (Å²) in [5.74, 6) is 0.869. The van der Waals surface area contributed by atoms with E-state index in [1.54, 1.807) is 36.3 Å². The summed E-state index contributed by atoms with van der Waals surface area (Å²) in [6.07, 6.45) is 0.502. The molecular weight excluding hydrogens is 392 g/mol. The Kier molecular flexibility index (Phi) is 8.48. The minimum atomic E-state index is -0.590. The minimum Gasteiger partial charge on any atom is -0.497 e. The number of carbonyl (C=O) groups is 2. The summed E-state index contributed by atoms with van der Waals surface area (Å²) < 4.78 is 10.8. The molecule has 0 unspecified atom stereocenters. The summed E-state index contributed by atoms with van der Waals surface area (Å²) in [5, 5.41) is 3.00. The fourth-order valence-corrected chi connectivity index (χ4v) is 3.16. The molecule has 1 atom stereocenters. The van der Waals surface area contributed by atoms with Crippen molar-refractivity contribution in [2.24, 2.45) is 0 Å². The van der Waals surface area contributed by atoms with Gasteiger partial charge in [0.25, 0.3) is 5.91 Å². The van der Waals surface area contributed by atoms with E-state index in [1.165, 1.54) is 0 Å². The zero-order valence-electron chi connectivity index (χ0n) is 19.4. The van der Waals surface area contributed by atoms with E-state index < -0.39 is 6.04 Å². The van der Waals surface area contributed by atoms with Crippen LogP contribution >= 0.6 is 0 Å². The Balaban J connectivity index is 2.20. The van der Waals surface area contributed by atoms with E-state index in [4.69, 9.17) is 9.47 Å². The second-order valence-electron chi connectivity index (χ2n) is 8.63. The summed E-state index contributed by atoms with van der Waals surface area (Å²) >= 11 is 0. The molecule has 0 radical (unpaired) electrons. The lowest BCUT2D eigenvalue weighted by Gasteiger charge is -2.33. The fraction of sp³-hybridized carbons (Fsp3) is 0.440. The SMILES string of the molecule is CC[C@H](C(=O)NC(C)(C)C)N(Cc1ccc(C)cc1)C(=O)COc1ccc(OC)cc1. The maximum atomic E-state index is 13.2. The number of hydrogen-bond donors (Lipinski definition) is 1. The number of amides is 2. The van der Waals surface area contributed by atoms with Crippen molar-refractivity contribution in [2.45, 2.75) is 59.2 Å². The van der Waals surface area contributed by atoms with Crippen molar-refractivity contribution in [1.29, 1.82) is 0 Å². The second-order valence-corrected chi connectivity index (χ2v) is 8.63. The van der Waals surface area contributed by atoms with Crippen LogP contribution < -0.4 is 14.8 Å². The van der Waals surface area contributed by atoms with E-state index >= 15 is 0 Å². The van der Waals surface area contributed by atoms with Gasteiger partial charge in [0.1, 0.15) is 17.5 Å². The first-order chi connectivity index (χ1) is 14.6. The molecule has 1 N–H and O–H groups in total. The molecular formula is C25H34N2O4. The molecule has 6 nitrogen and oxygen atoms in total. The molecule has 0 aromatic heterocycles. The molecule has 0 saturated heterocycles. The van der Waals surface area contributed by atoms with Crippen LogP contribution in [0.2, 0.25) is 0 Å². The zero-order valence-corrected chi connectivity index (χ0v) is 19.4. The second kappa shape index (κ2) is 10.8. The summed E-state index contributed by atoms with van der Waals surface area (Å²) in [5.41, 5.74) is 1.72. The van der Waals surface area contributed by atoms with Gasteiger partial charge in [0.2, 0.25) is 5.91 Å². The van der Waals surface area contributed by atoms with Gasteiger partial charge < -0.3 is 19.7 Å². The Bertz CT molecular complexity index is 855. The number of methoxy groups -OCH3 is 1. The number of benzene rings is 2. The summed E-state index contributed by atoms with van der Waals surface area (Å²) in [4.78, 5) is 27.7. The lowest BCUT2D eigenvalue weighted by atomic mass is 10.1. The summed E-state index contributed by atoms with van der Waals surface area (Å²) in [6.45, 7) is 9.88. The van der Waals surface area contributed by atoms with Crippen LogP contribution in [0, 0.1) is 6.92 Å². The van der Waals surface area contributed by atoms with Crippen molar-refractivity contribution >= 4 is 11.8 Å². The number of carbonyl (C=O) groups excluding carboxylic acids is 2. The van der Waals surface area contributed by atoms with Gasteiger partial charge in [0.05, 0.1) is 7.11 Å². The molecule has 2 aromatic carbocycles. The van der Waals surface area contributed by atoms with E-state index in [2.05, 4.69) is 5.32 Å². The molecule has 6 heteroatoms. The average Bonchev–Trinajstić information content (AvgIpc) is 2.72. The van der Waals surface area contributed by atoms with Crippen molar-refractivity contribution in [3.05, 3.63) is 59.7 Å². The molecule has 31 heavy (non-hydrogen) atoms. The van der Waals surface area contributed by atoms with Gasteiger partial charge in [0, 0.05) is 12.1 Å². The molecule has 168 valence electrons. The molecule has 2 rings (SSSR count). The smallest absolute Gasteiger partial charge is 0.261 e. The van der Waals surface area contributed by atoms with E-state index in [-0.39, 0.29) is 24.0 Å². The average molecular weight is 427 g/mol. The maximum absolute atomic E-state index is 13.2. The van der Waals surface area contributed by atoms with Crippen LogP contribution in [-0.4, -0.2) is 42.0 Å². The highest BCUT2D eigenvalue weighted by molar-refractivity contribution is 5.88. The normalized spacial score (nSPS) is 12.1. The molecule has 0 bridgehead atoms. The highest BCUT2D eigenvalue weighted by Crippen LogP contribution is 2.18. The highest BCUT2D eigenvalue weighted by atomic mass is 16.5. The van der Waals surface area contributed by atoms with Gasteiger partial charge in [-0.25, -0.2) is 0 Å². The Hall–Kier alpha value is -3.02. The lowest BCUT2D eigenvalue weighted by Crippen LogP contribution is -2.54. The van der Waals surface area contributed by atoms with Crippen LogP contribution in [0.1, 0.15) is 45.2 Å². The predicted molar refractivity (Wildman–Crippen MR) is 122 cm³/mol. The van der Waals surface area contributed by atoms with Crippen LogP contribution in [0.4, 0.5) is 0 Å². The van der Waals surface area contributed by atoms with Crippen LogP contribution in [0.5, 0.6) is 11.5 Å². The van der Waals surface area contributed by atoms with Crippen molar-refractivity contribution in [1.82, 2.24) is 10.2 Å². The molecule has 0 fully saturated rings. The Labute approximate surface area is 185 Å². The zero-order chi connectivity index (χ0) is 23.0. The molecule has 0 aliphatic rings. The Morgan fingerprint density at radius 1 is 1.00 bits per heavy atom. The van der Waals surface area contributed by atoms with E-state index in [0.29, 0.717) is 24.5 Å². The van der Waals surface area contributed by atoms with Crippen LogP contribution in [0.15, 0.2) is 48.5 Å². The van der Waals surface area contributed by atoms with Gasteiger partial charge in [0.15, 0.2) is 6.61 Å². The standard InChI is InChI=1S/C25H34N2O4/c1-7-22(24(29)26-25(3,4)5)27(16-19-10-8-18(2)9-11-19)23(28)17-31-21-14-12-20(30-6)13-15-21/h8-15,22H,7,16-17H2,1-6H3,(H,26,29)/t22-/m1/s1. The fourth-order valence-electron chi connectivity index (χ4n) is 3.16. The van der Waals surface area contributed by atoms with Crippen LogP contribution in [0.3, 0.4) is 0 Å². The van der Waals surface area contributed by atoms with Crippen molar-refractivity contribution in [3.63, 3.8) is 0 Å². The van der Waals surface area contributed by atoms with E-state index in [9.17, 15) is 9.59 Å². The van der Waals surface area contributed by atoms with Crippen LogP contribution in [0.25, 0.3) is 0 Å². The molecule has 0 heterocycles. The third kappa shape index (κ3) is 7.63. The Morgan fingerprint density at radius 2 is 1.58 bits per heavy atom. The molecule has 0 spiro atoms. The quantitative estimate of drug-likeness (QED) is 0.655. The molecule has 0 aliphatic carbocycles. The van der Waals surface area contributed by atoms with Crippen molar-refractivity contribution < 1.29 is 19.1 Å². The number of ether oxygens (including phenoxy) is 2. The summed E-state index contributed by atoms with van der Waals surface area (Å²) in [7, 11) is 1.59. The monoisotopic (exact) mass is 426 g/mol. The van der Waals surface area contributed by atoms with E-state index in [0.717, 1.165) is 11.1 Å². The minimum absolute atomic E-state index is 0.155. The highest BCUT2D eigenvalue weighted by Gasteiger charge is 2.30. The number of rotatable bonds is 9. The van der Waals surface area contributed by atoms with Crippen molar-refractivity contribution in [2.75, 3.05) is 13.7 Å². The molecule has 2 amide bonds. The van der Waals surface area contributed by atoms with Crippen molar-refractivity contribution in [3.8, 4) is 11.5 Å². The van der Waals surface area contributed by atoms with Crippen LogP contribution in [-0.2, 0) is 16.1 Å². The topological polar surface area (TPSA) is 67.9 Å². The third-order valence-corrected chi connectivity index (χ3v) is 4.78. The van der Waals surface area contributed by atoms with Gasteiger partial charge in [-0.05, 0) is 63.9 Å². The molecule has 0 aliphatic heterocycles. The molecule has 2 aromatic rings. The third-order valence-electron chi connectivity index (χ3n) is 4.78. The first-order valence-corrected chi connectivity index (χ1v) is 10.6.